The van der Waals surface area contributed by atoms with Gasteiger partial charge in [0.2, 0.25) is 0 Å². The molecule has 0 fully saturated rings. The first-order chi connectivity index (χ1) is 8.83. The minimum Gasteiger partial charge on any atom is -0.271 e. The summed E-state index contributed by atoms with van der Waals surface area (Å²) < 4.78 is 1.12. The molecule has 0 heterocycles. The van der Waals surface area contributed by atoms with E-state index in [-0.39, 0.29) is 6.04 Å². The van der Waals surface area contributed by atoms with Crippen LogP contribution in [0.15, 0.2) is 40.4 Å². The molecule has 0 aliphatic heterocycles. The molecule has 3 heteroatoms. The molecule has 1 aliphatic rings. The van der Waals surface area contributed by atoms with E-state index in [0.717, 1.165) is 10.9 Å². The first-order valence-corrected chi connectivity index (χ1v) is 7.51. The van der Waals surface area contributed by atoms with Crippen LogP contribution in [-0.4, -0.2) is 0 Å². The highest BCUT2D eigenvalue weighted by Gasteiger charge is 2.17. The van der Waals surface area contributed by atoms with E-state index in [1.807, 2.05) is 6.07 Å². The molecule has 0 spiro atoms. The van der Waals surface area contributed by atoms with E-state index < -0.39 is 0 Å². The Balaban J connectivity index is 2.24. The molecule has 1 atom stereocenters. The number of halogens is 1. The first kappa shape index (κ1) is 13.8. The summed E-state index contributed by atoms with van der Waals surface area (Å²) in [4.78, 5) is 0. The second-order valence-electron chi connectivity index (χ2n) is 4.85. The fraction of sp³-hybridized carbons (Fsp3) is 0.467. The lowest BCUT2D eigenvalue weighted by Crippen LogP contribution is -2.30. The van der Waals surface area contributed by atoms with E-state index in [1.54, 1.807) is 0 Å². The highest BCUT2D eigenvalue weighted by Crippen LogP contribution is 2.32. The molecule has 1 aliphatic carbocycles. The Morgan fingerprint density at radius 3 is 2.67 bits per heavy atom. The van der Waals surface area contributed by atoms with Crippen molar-refractivity contribution in [3.63, 3.8) is 0 Å². The van der Waals surface area contributed by atoms with Crippen LogP contribution in [0.25, 0.3) is 0 Å². The number of hydrazine groups is 1. The Labute approximate surface area is 118 Å². The van der Waals surface area contributed by atoms with Gasteiger partial charge >= 0.3 is 0 Å². The van der Waals surface area contributed by atoms with Crippen LogP contribution in [0.1, 0.15) is 50.1 Å². The lowest BCUT2D eigenvalue weighted by atomic mass is 9.91. The number of nitrogens with two attached hydrogens (primary N) is 1. The summed E-state index contributed by atoms with van der Waals surface area (Å²) in [5.41, 5.74) is 5.64. The molecule has 0 aromatic heterocycles. The van der Waals surface area contributed by atoms with Crippen LogP contribution < -0.4 is 11.3 Å². The molecule has 3 N–H and O–H groups in total. The van der Waals surface area contributed by atoms with Crippen LogP contribution in [0.5, 0.6) is 0 Å². The Bertz CT molecular complexity index is 415. The van der Waals surface area contributed by atoms with Gasteiger partial charge in [-0.1, -0.05) is 58.6 Å². The maximum Gasteiger partial charge on any atom is 0.0681 e. The highest BCUT2D eigenvalue weighted by molar-refractivity contribution is 9.10. The standard InChI is InChI=1S/C15H21BrN2/c16-14-11-7-6-10-13(14)15(18-17)12-8-4-2-1-3-5-9-12/h6-8,10-11,15,18H,1-5,9,17H2/b12-8+. The van der Waals surface area contributed by atoms with E-state index in [9.17, 15) is 0 Å². The minimum absolute atomic E-state index is 0.138. The second kappa shape index (κ2) is 7.07. The van der Waals surface area contributed by atoms with Gasteiger partial charge < -0.3 is 0 Å². The maximum atomic E-state index is 5.78. The fourth-order valence-corrected chi connectivity index (χ4v) is 3.10. The van der Waals surface area contributed by atoms with Crippen molar-refractivity contribution in [2.75, 3.05) is 0 Å². The average molecular weight is 309 g/mol. The van der Waals surface area contributed by atoms with Crippen molar-refractivity contribution < 1.29 is 0 Å². The van der Waals surface area contributed by atoms with Gasteiger partial charge in [-0.25, -0.2) is 5.43 Å². The zero-order chi connectivity index (χ0) is 12.8. The monoisotopic (exact) mass is 308 g/mol. The third-order valence-corrected chi connectivity index (χ3v) is 4.30. The van der Waals surface area contributed by atoms with Crippen LogP contribution in [0.4, 0.5) is 0 Å². The minimum atomic E-state index is 0.138. The van der Waals surface area contributed by atoms with Gasteiger partial charge in [-0.15, -0.1) is 0 Å². The van der Waals surface area contributed by atoms with Crippen LogP contribution in [-0.2, 0) is 0 Å². The van der Waals surface area contributed by atoms with Gasteiger partial charge in [0, 0.05) is 4.47 Å². The van der Waals surface area contributed by atoms with Crippen molar-refractivity contribution in [3.8, 4) is 0 Å². The van der Waals surface area contributed by atoms with E-state index in [1.165, 1.54) is 43.2 Å². The van der Waals surface area contributed by atoms with Crippen LogP contribution >= 0.6 is 15.9 Å². The summed E-state index contributed by atoms with van der Waals surface area (Å²) in [5, 5.41) is 0. The van der Waals surface area contributed by atoms with E-state index in [2.05, 4.69) is 45.6 Å². The topological polar surface area (TPSA) is 38.0 Å². The van der Waals surface area contributed by atoms with Gasteiger partial charge in [-0.3, -0.25) is 5.84 Å². The third kappa shape index (κ3) is 3.44. The predicted molar refractivity (Wildman–Crippen MR) is 80.0 cm³/mol. The van der Waals surface area contributed by atoms with Gasteiger partial charge in [0.25, 0.3) is 0 Å². The molecular weight excluding hydrogens is 288 g/mol. The fourth-order valence-electron chi connectivity index (χ4n) is 2.58. The van der Waals surface area contributed by atoms with Crippen molar-refractivity contribution in [3.05, 3.63) is 46.0 Å². The molecule has 2 rings (SSSR count). The molecule has 0 bridgehead atoms. The normalized spacial score (nSPS) is 21.6. The van der Waals surface area contributed by atoms with Crippen molar-refractivity contribution in [2.24, 2.45) is 5.84 Å². The third-order valence-electron chi connectivity index (χ3n) is 3.58. The molecule has 0 amide bonds. The Morgan fingerprint density at radius 2 is 1.89 bits per heavy atom. The zero-order valence-corrected chi connectivity index (χ0v) is 12.2. The summed E-state index contributed by atoms with van der Waals surface area (Å²) in [6.07, 6.45) is 9.98. The van der Waals surface area contributed by atoms with Crippen molar-refractivity contribution in [2.45, 2.75) is 44.6 Å². The van der Waals surface area contributed by atoms with Crippen LogP contribution in [0.3, 0.4) is 0 Å². The molecule has 0 saturated carbocycles. The number of rotatable bonds is 3. The highest BCUT2D eigenvalue weighted by atomic mass is 79.9. The summed E-state index contributed by atoms with van der Waals surface area (Å²) in [6, 6.07) is 8.44. The number of hydrogen-bond acceptors (Lipinski definition) is 2. The van der Waals surface area contributed by atoms with Crippen molar-refractivity contribution >= 4 is 15.9 Å². The molecule has 0 radical (unpaired) electrons. The number of allylic oxidation sites excluding steroid dienone is 1. The summed E-state index contributed by atoms with van der Waals surface area (Å²) in [5.74, 6) is 5.78. The lowest BCUT2D eigenvalue weighted by Gasteiger charge is -2.23. The molecule has 98 valence electrons. The second-order valence-corrected chi connectivity index (χ2v) is 5.71. The summed E-state index contributed by atoms with van der Waals surface area (Å²) in [6.45, 7) is 0. The Hall–Kier alpha value is -0.640. The molecule has 1 aromatic carbocycles. The van der Waals surface area contributed by atoms with Crippen molar-refractivity contribution in [1.82, 2.24) is 5.43 Å². The largest absolute Gasteiger partial charge is 0.271 e. The quantitative estimate of drug-likeness (QED) is 0.498. The first-order valence-electron chi connectivity index (χ1n) is 6.72. The predicted octanol–water partition coefficient (Wildman–Crippen LogP) is 4.23. The molecule has 1 aromatic rings. The van der Waals surface area contributed by atoms with Crippen LogP contribution in [0.2, 0.25) is 0 Å². The zero-order valence-electron chi connectivity index (χ0n) is 10.7. The molecular formula is C15H21BrN2. The van der Waals surface area contributed by atoms with Gasteiger partial charge in [0.1, 0.15) is 0 Å². The Morgan fingerprint density at radius 1 is 1.11 bits per heavy atom. The van der Waals surface area contributed by atoms with E-state index in [0.29, 0.717) is 0 Å². The van der Waals surface area contributed by atoms with Gasteiger partial charge in [-0.05, 0) is 37.3 Å². The smallest absolute Gasteiger partial charge is 0.0681 e. The SMILES string of the molecule is NNC(/C1=C/CCCCCC1)c1ccccc1Br. The molecule has 0 saturated heterocycles. The van der Waals surface area contributed by atoms with E-state index >= 15 is 0 Å². The molecule has 2 nitrogen and oxygen atoms in total. The number of nitrogens with one attached hydrogen (secondary N) is 1. The Kier molecular flexibility index (Phi) is 5.42. The van der Waals surface area contributed by atoms with Gasteiger partial charge in [0.05, 0.1) is 6.04 Å². The maximum absolute atomic E-state index is 5.78. The van der Waals surface area contributed by atoms with E-state index in [4.69, 9.17) is 5.84 Å². The summed E-state index contributed by atoms with van der Waals surface area (Å²) >= 11 is 3.62. The molecule has 18 heavy (non-hydrogen) atoms. The van der Waals surface area contributed by atoms with Gasteiger partial charge in [0.15, 0.2) is 0 Å². The molecule has 1 unspecified atom stereocenters. The summed E-state index contributed by atoms with van der Waals surface area (Å²) in [7, 11) is 0. The average Bonchev–Trinajstić information content (AvgIpc) is 2.34. The van der Waals surface area contributed by atoms with Crippen molar-refractivity contribution in [1.29, 1.82) is 0 Å². The van der Waals surface area contributed by atoms with Crippen LogP contribution in [0, 0.1) is 0 Å². The lowest BCUT2D eigenvalue weighted by molar-refractivity contribution is 0.554. The van der Waals surface area contributed by atoms with Gasteiger partial charge in [-0.2, -0.15) is 0 Å². The number of benzene rings is 1. The number of hydrogen-bond donors (Lipinski definition) is 2.